The Labute approximate surface area is 141 Å². The van der Waals surface area contributed by atoms with Gasteiger partial charge in [-0.25, -0.2) is 8.42 Å². The molecular weight excluding hydrogens is 336 g/mol. The van der Waals surface area contributed by atoms with Crippen molar-refractivity contribution in [2.24, 2.45) is 0 Å². The normalized spacial score (nSPS) is 13.4. The number of hydrogen-bond donors (Lipinski definition) is 1. The number of hydrogen-bond acceptors (Lipinski definition) is 6. The summed E-state index contributed by atoms with van der Waals surface area (Å²) in [5.41, 5.74) is 0.437. The zero-order valence-corrected chi connectivity index (χ0v) is 14.6. The predicted molar refractivity (Wildman–Crippen MR) is 89.1 cm³/mol. The molecule has 1 aromatic rings. The lowest BCUT2D eigenvalue weighted by atomic mass is 10.2. The predicted octanol–water partition coefficient (Wildman–Crippen LogP) is 0.376. The maximum atomic E-state index is 12.1. The number of nitrogens with zero attached hydrogens (tertiary/aromatic N) is 1. The van der Waals surface area contributed by atoms with Crippen molar-refractivity contribution in [3.8, 4) is 11.5 Å². The molecule has 0 bridgehead atoms. The van der Waals surface area contributed by atoms with Gasteiger partial charge >= 0.3 is 0 Å². The molecule has 0 unspecified atom stereocenters. The van der Waals surface area contributed by atoms with Crippen molar-refractivity contribution < 1.29 is 27.4 Å². The van der Waals surface area contributed by atoms with E-state index in [0.29, 0.717) is 43.6 Å². The number of methoxy groups -OCH3 is 1. The van der Waals surface area contributed by atoms with E-state index in [2.05, 4.69) is 5.32 Å². The largest absolute Gasteiger partial charge is 0.486 e. The quantitative estimate of drug-likeness (QED) is 0.675. The Hall–Kier alpha value is -2.00. The smallest absolute Gasteiger partial charge is 0.232 e. The number of sulfonamides is 1. The third-order valence-electron chi connectivity index (χ3n) is 3.38. The van der Waals surface area contributed by atoms with E-state index in [1.807, 2.05) is 0 Å². The molecule has 0 radical (unpaired) electrons. The van der Waals surface area contributed by atoms with Gasteiger partial charge in [-0.05, 0) is 12.1 Å². The lowest BCUT2D eigenvalue weighted by Crippen LogP contribution is -2.35. The van der Waals surface area contributed by atoms with Crippen LogP contribution in [0.5, 0.6) is 11.5 Å². The molecule has 8 nitrogen and oxygen atoms in total. The minimum Gasteiger partial charge on any atom is -0.486 e. The van der Waals surface area contributed by atoms with Crippen LogP contribution in [0, 0.1) is 0 Å². The fourth-order valence-electron chi connectivity index (χ4n) is 2.26. The lowest BCUT2D eigenvalue weighted by molar-refractivity contribution is -0.121. The second-order valence-electron chi connectivity index (χ2n) is 5.26. The van der Waals surface area contributed by atoms with Crippen molar-refractivity contribution >= 4 is 21.6 Å². The summed E-state index contributed by atoms with van der Waals surface area (Å²) in [6.45, 7) is 1.71. The second kappa shape index (κ2) is 8.20. The van der Waals surface area contributed by atoms with Gasteiger partial charge in [0.2, 0.25) is 15.9 Å². The lowest BCUT2D eigenvalue weighted by Gasteiger charge is -2.25. The summed E-state index contributed by atoms with van der Waals surface area (Å²) >= 11 is 0. The van der Waals surface area contributed by atoms with Gasteiger partial charge in [0, 0.05) is 32.7 Å². The molecule has 0 saturated carbocycles. The molecule has 1 aromatic carbocycles. The topological polar surface area (TPSA) is 94.2 Å². The van der Waals surface area contributed by atoms with Crippen molar-refractivity contribution in [2.75, 3.05) is 50.6 Å². The van der Waals surface area contributed by atoms with Crippen LogP contribution in [0.3, 0.4) is 0 Å². The fraction of sp³-hybridized carbons (Fsp3) is 0.533. The van der Waals surface area contributed by atoms with Gasteiger partial charge in [-0.2, -0.15) is 0 Å². The van der Waals surface area contributed by atoms with Crippen LogP contribution < -0.4 is 19.1 Å². The van der Waals surface area contributed by atoms with E-state index in [0.717, 1.165) is 6.26 Å². The average Bonchev–Trinajstić information content (AvgIpc) is 2.54. The van der Waals surface area contributed by atoms with Crippen LogP contribution in [-0.2, 0) is 19.6 Å². The summed E-state index contributed by atoms with van der Waals surface area (Å²) in [5, 5.41) is 2.66. The van der Waals surface area contributed by atoms with E-state index < -0.39 is 10.0 Å². The van der Waals surface area contributed by atoms with Crippen molar-refractivity contribution in [1.82, 2.24) is 5.32 Å². The van der Waals surface area contributed by atoms with Crippen LogP contribution in [0.4, 0.5) is 5.69 Å². The first-order valence-electron chi connectivity index (χ1n) is 7.55. The van der Waals surface area contributed by atoms with Crippen molar-refractivity contribution in [1.29, 1.82) is 0 Å². The van der Waals surface area contributed by atoms with Crippen LogP contribution in [-0.4, -0.2) is 60.6 Å². The number of carbonyl (C=O) groups is 1. The van der Waals surface area contributed by atoms with Gasteiger partial charge < -0.3 is 19.5 Å². The molecule has 2 rings (SSSR count). The summed E-state index contributed by atoms with van der Waals surface area (Å²) in [6.07, 6.45) is 1.15. The average molecular weight is 358 g/mol. The molecule has 0 saturated heterocycles. The Morgan fingerprint density at radius 3 is 2.67 bits per heavy atom. The molecule has 24 heavy (non-hydrogen) atoms. The molecule has 134 valence electrons. The van der Waals surface area contributed by atoms with Crippen LogP contribution in [0.25, 0.3) is 0 Å². The summed E-state index contributed by atoms with van der Waals surface area (Å²) in [5.74, 6) is 0.839. The van der Waals surface area contributed by atoms with Gasteiger partial charge in [-0.3, -0.25) is 9.10 Å². The summed E-state index contributed by atoms with van der Waals surface area (Å²) in [6, 6.07) is 4.91. The summed E-state index contributed by atoms with van der Waals surface area (Å²) in [4.78, 5) is 11.8. The molecule has 1 aliphatic rings. The number of amides is 1. The van der Waals surface area contributed by atoms with Gasteiger partial charge in [-0.15, -0.1) is 0 Å². The number of fused-ring (bicyclic) bond motifs is 1. The Kier molecular flexibility index (Phi) is 6.27. The Bertz CT molecular complexity index is 677. The molecule has 1 aliphatic heterocycles. The molecule has 0 fully saturated rings. The number of ether oxygens (including phenoxy) is 3. The van der Waals surface area contributed by atoms with Crippen LogP contribution in [0.15, 0.2) is 18.2 Å². The van der Waals surface area contributed by atoms with E-state index in [9.17, 15) is 13.2 Å². The van der Waals surface area contributed by atoms with Crippen molar-refractivity contribution in [3.63, 3.8) is 0 Å². The van der Waals surface area contributed by atoms with E-state index in [1.165, 1.54) is 4.31 Å². The molecule has 0 aliphatic carbocycles. The first kappa shape index (κ1) is 18.3. The standard InChI is InChI=1S/C15H22N2O6S/c1-21-8-6-16-15(18)5-7-17(24(2,19)20)12-3-4-13-14(11-12)23-10-9-22-13/h3-4,11H,5-10H2,1-2H3,(H,16,18). The maximum Gasteiger partial charge on any atom is 0.232 e. The fourth-order valence-corrected chi connectivity index (χ4v) is 3.18. The monoisotopic (exact) mass is 358 g/mol. The zero-order valence-electron chi connectivity index (χ0n) is 13.8. The molecule has 1 amide bonds. The summed E-state index contributed by atoms with van der Waals surface area (Å²) in [7, 11) is -1.99. The molecule has 1 heterocycles. The highest BCUT2D eigenvalue weighted by molar-refractivity contribution is 7.92. The third kappa shape index (κ3) is 5.00. The molecule has 0 aromatic heterocycles. The maximum absolute atomic E-state index is 12.1. The molecule has 0 spiro atoms. The highest BCUT2D eigenvalue weighted by atomic mass is 32.2. The number of carbonyl (C=O) groups excluding carboxylic acids is 1. The zero-order chi connectivity index (χ0) is 17.6. The Morgan fingerprint density at radius 1 is 1.29 bits per heavy atom. The minimum absolute atomic E-state index is 0.0390. The second-order valence-corrected chi connectivity index (χ2v) is 7.16. The SMILES string of the molecule is COCCNC(=O)CCN(c1ccc2c(c1)OCCO2)S(C)(=O)=O. The van der Waals surface area contributed by atoms with Crippen LogP contribution in [0.2, 0.25) is 0 Å². The van der Waals surface area contributed by atoms with E-state index in [1.54, 1.807) is 25.3 Å². The molecular formula is C15H22N2O6S. The van der Waals surface area contributed by atoms with E-state index in [-0.39, 0.29) is 18.9 Å². The summed E-state index contributed by atoms with van der Waals surface area (Å²) < 4.78 is 41.1. The number of benzene rings is 1. The van der Waals surface area contributed by atoms with Crippen LogP contribution in [0.1, 0.15) is 6.42 Å². The first-order valence-corrected chi connectivity index (χ1v) is 9.39. The van der Waals surface area contributed by atoms with Crippen LogP contribution >= 0.6 is 0 Å². The Morgan fingerprint density at radius 2 is 2.00 bits per heavy atom. The van der Waals surface area contributed by atoms with Gasteiger partial charge in [0.15, 0.2) is 11.5 Å². The first-order chi connectivity index (χ1) is 11.4. The third-order valence-corrected chi connectivity index (χ3v) is 4.58. The Balaban J connectivity index is 2.08. The van der Waals surface area contributed by atoms with Crippen molar-refractivity contribution in [2.45, 2.75) is 6.42 Å². The van der Waals surface area contributed by atoms with Gasteiger partial charge in [0.05, 0.1) is 18.6 Å². The molecule has 9 heteroatoms. The highest BCUT2D eigenvalue weighted by Gasteiger charge is 2.21. The van der Waals surface area contributed by atoms with E-state index in [4.69, 9.17) is 14.2 Å². The van der Waals surface area contributed by atoms with Gasteiger partial charge in [-0.1, -0.05) is 0 Å². The minimum atomic E-state index is -3.53. The highest BCUT2D eigenvalue weighted by Crippen LogP contribution is 2.34. The number of rotatable bonds is 8. The molecule has 0 atom stereocenters. The number of nitrogens with one attached hydrogen (secondary N) is 1. The van der Waals surface area contributed by atoms with E-state index >= 15 is 0 Å². The van der Waals surface area contributed by atoms with Crippen molar-refractivity contribution in [3.05, 3.63) is 18.2 Å². The van der Waals surface area contributed by atoms with Gasteiger partial charge in [0.25, 0.3) is 0 Å². The number of anilines is 1. The van der Waals surface area contributed by atoms with Gasteiger partial charge in [0.1, 0.15) is 13.2 Å². The molecule has 1 N–H and O–H groups in total.